The van der Waals surface area contributed by atoms with Crippen LogP contribution in [0.5, 0.6) is 0 Å². The predicted molar refractivity (Wildman–Crippen MR) is 98.9 cm³/mol. The molecule has 0 bridgehead atoms. The van der Waals surface area contributed by atoms with E-state index in [1.807, 2.05) is 33.2 Å². The number of rotatable bonds is 5. The van der Waals surface area contributed by atoms with Gasteiger partial charge in [-0.3, -0.25) is 14.2 Å². The van der Waals surface area contributed by atoms with Gasteiger partial charge in [-0.05, 0) is 25.1 Å². The molecule has 1 N–H and O–H groups in total. The van der Waals surface area contributed by atoms with Crippen molar-refractivity contribution in [3.8, 4) is 0 Å². The number of aromatic nitrogens is 4. The molecule has 0 saturated heterocycles. The van der Waals surface area contributed by atoms with Crippen molar-refractivity contribution < 1.29 is 4.79 Å². The SMILES string of the molecule is Cc1cc(CNC(=O)Cn2cnc3ccccc3c2=O)nc(N(C)C)n1. The minimum absolute atomic E-state index is 0.0960. The van der Waals surface area contributed by atoms with Crippen molar-refractivity contribution in [1.82, 2.24) is 24.8 Å². The Morgan fingerprint density at radius 3 is 2.77 bits per heavy atom. The van der Waals surface area contributed by atoms with E-state index in [0.29, 0.717) is 22.5 Å². The third-order valence-electron chi connectivity index (χ3n) is 3.81. The van der Waals surface area contributed by atoms with Gasteiger partial charge in [0.15, 0.2) is 0 Å². The van der Waals surface area contributed by atoms with Crippen molar-refractivity contribution >= 4 is 22.8 Å². The molecule has 3 aromatic rings. The predicted octanol–water partition coefficient (Wildman–Crippen LogP) is 0.877. The van der Waals surface area contributed by atoms with Crippen molar-refractivity contribution in [1.29, 1.82) is 0 Å². The molecule has 0 spiro atoms. The molecule has 0 radical (unpaired) electrons. The molecule has 8 heteroatoms. The summed E-state index contributed by atoms with van der Waals surface area (Å²) in [4.78, 5) is 39.4. The second kappa shape index (κ2) is 7.30. The van der Waals surface area contributed by atoms with E-state index in [4.69, 9.17) is 0 Å². The molecule has 0 saturated carbocycles. The molecule has 2 heterocycles. The number of aryl methyl sites for hydroxylation is 1. The monoisotopic (exact) mass is 352 g/mol. The topological polar surface area (TPSA) is 93.0 Å². The second-order valence-corrected chi connectivity index (χ2v) is 6.17. The van der Waals surface area contributed by atoms with Crippen LogP contribution >= 0.6 is 0 Å². The van der Waals surface area contributed by atoms with Crippen LogP contribution in [0.1, 0.15) is 11.4 Å². The van der Waals surface area contributed by atoms with Crippen molar-refractivity contribution in [2.45, 2.75) is 20.0 Å². The van der Waals surface area contributed by atoms with Gasteiger partial charge in [-0.25, -0.2) is 15.0 Å². The number of hydrogen-bond acceptors (Lipinski definition) is 6. The molecule has 0 fully saturated rings. The average Bonchev–Trinajstić information content (AvgIpc) is 2.62. The zero-order valence-electron chi connectivity index (χ0n) is 14.9. The second-order valence-electron chi connectivity index (χ2n) is 6.17. The molecule has 0 unspecified atom stereocenters. The van der Waals surface area contributed by atoms with Gasteiger partial charge in [-0.1, -0.05) is 12.1 Å². The molecule has 134 valence electrons. The first kappa shape index (κ1) is 17.5. The molecule has 26 heavy (non-hydrogen) atoms. The number of anilines is 1. The molecular formula is C18H20N6O2. The number of benzene rings is 1. The van der Waals surface area contributed by atoms with Gasteiger partial charge >= 0.3 is 0 Å². The summed E-state index contributed by atoms with van der Waals surface area (Å²) < 4.78 is 1.30. The number of nitrogens with one attached hydrogen (secondary N) is 1. The maximum atomic E-state index is 12.4. The summed E-state index contributed by atoms with van der Waals surface area (Å²) in [6, 6.07) is 8.87. The Kier molecular flexibility index (Phi) is 4.92. The van der Waals surface area contributed by atoms with E-state index in [1.165, 1.54) is 10.9 Å². The minimum atomic E-state index is -0.285. The Balaban J connectivity index is 1.70. The van der Waals surface area contributed by atoms with Gasteiger partial charge in [0, 0.05) is 19.8 Å². The summed E-state index contributed by atoms with van der Waals surface area (Å²) in [6.45, 7) is 2.04. The van der Waals surface area contributed by atoms with Crippen LogP contribution in [0.25, 0.3) is 10.9 Å². The Morgan fingerprint density at radius 2 is 2.00 bits per heavy atom. The molecule has 1 amide bonds. The zero-order chi connectivity index (χ0) is 18.7. The summed E-state index contributed by atoms with van der Waals surface area (Å²) in [7, 11) is 3.71. The van der Waals surface area contributed by atoms with Crippen LogP contribution in [-0.2, 0) is 17.9 Å². The van der Waals surface area contributed by atoms with E-state index < -0.39 is 0 Å². The highest BCUT2D eigenvalue weighted by Crippen LogP contribution is 2.07. The lowest BCUT2D eigenvalue weighted by atomic mass is 10.2. The molecule has 0 aliphatic heterocycles. The third kappa shape index (κ3) is 3.85. The number of fused-ring (bicyclic) bond motifs is 1. The van der Waals surface area contributed by atoms with E-state index in [0.717, 1.165) is 5.69 Å². The zero-order valence-corrected chi connectivity index (χ0v) is 14.9. The number of amides is 1. The first-order valence-electron chi connectivity index (χ1n) is 8.17. The van der Waals surface area contributed by atoms with Crippen LogP contribution in [0.4, 0.5) is 5.95 Å². The maximum absolute atomic E-state index is 12.4. The van der Waals surface area contributed by atoms with Crippen LogP contribution in [0.3, 0.4) is 0 Å². The quantitative estimate of drug-likeness (QED) is 0.733. The van der Waals surface area contributed by atoms with Gasteiger partial charge in [0.05, 0.1) is 29.5 Å². The van der Waals surface area contributed by atoms with Crippen LogP contribution in [0.15, 0.2) is 41.5 Å². The van der Waals surface area contributed by atoms with Crippen LogP contribution in [0, 0.1) is 6.92 Å². The number of nitrogens with zero attached hydrogens (tertiary/aromatic N) is 5. The van der Waals surface area contributed by atoms with Gasteiger partial charge in [0.25, 0.3) is 5.56 Å². The maximum Gasteiger partial charge on any atom is 0.261 e. The number of carbonyl (C=O) groups is 1. The molecular weight excluding hydrogens is 332 g/mol. The van der Waals surface area contributed by atoms with E-state index >= 15 is 0 Å². The standard InChI is InChI=1S/C18H20N6O2/c1-12-8-13(22-18(21-12)23(2)3)9-19-16(25)10-24-11-20-15-7-5-4-6-14(15)17(24)26/h4-8,11H,9-10H2,1-3H3,(H,19,25). The fraction of sp³-hybridized carbons (Fsp3) is 0.278. The highest BCUT2D eigenvalue weighted by molar-refractivity contribution is 5.78. The molecule has 0 aliphatic carbocycles. The van der Waals surface area contributed by atoms with E-state index in [2.05, 4.69) is 20.3 Å². The Bertz CT molecular complexity index is 1010. The van der Waals surface area contributed by atoms with Gasteiger partial charge in [0.1, 0.15) is 6.54 Å². The molecule has 1 aromatic carbocycles. The summed E-state index contributed by atoms with van der Waals surface area (Å²) >= 11 is 0. The van der Waals surface area contributed by atoms with Crippen LogP contribution < -0.4 is 15.8 Å². The molecule has 0 aliphatic rings. The van der Waals surface area contributed by atoms with E-state index in [9.17, 15) is 9.59 Å². The van der Waals surface area contributed by atoms with Gasteiger partial charge in [0.2, 0.25) is 11.9 Å². The summed E-state index contributed by atoms with van der Waals surface area (Å²) in [6.07, 6.45) is 1.39. The van der Waals surface area contributed by atoms with E-state index in [-0.39, 0.29) is 24.6 Å². The van der Waals surface area contributed by atoms with Gasteiger partial charge in [-0.15, -0.1) is 0 Å². The number of carbonyl (C=O) groups excluding carboxylic acids is 1. The lowest BCUT2D eigenvalue weighted by Gasteiger charge is -2.13. The number of para-hydroxylation sites is 1. The van der Waals surface area contributed by atoms with Gasteiger partial charge in [-0.2, -0.15) is 0 Å². The Hall–Kier alpha value is -3.29. The van der Waals surface area contributed by atoms with Crippen molar-refractivity contribution in [2.24, 2.45) is 0 Å². The average molecular weight is 352 g/mol. The summed E-state index contributed by atoms with van der Waals surface area (Å²) in [5.74, 6) is 0.302. The van der Waals surface area contributed by atoms with E-state index in [1.54, 1.807) is 23.1 Å². The summed E-state index contributed by atoms with van der Waals surface area (Å²) in [5, 5.41) is 3.27. The Labute approximate surface area is 150 Å². The molecule has 0 atom stereocenters. The first-order valence-corrected chi connectivity index (χ1v) is 8.17. The van der Waals surface area contributed by atoms with Crippen molar-refractivity contribution in [2.75, 3.05) is 19.0 Å². The fourth-order valence-corrected chi connectivity index (χ4v) is 2.53. The van der Waals surface area contributed by atoms with Crippen molar-refractivity contribution in [3.63, 3.8) is 0 Å². The fourth-order valence-electron chi connectivity index (χ4n) is 2.53. The molecule has 3 rings (SSSR count). The van der Waals surface area contributed by atoms with Gasteiger partial charge < -0.3 is 10.2 Å². The Morgan fingerprint density at radius 1 is 1.23 bits per heavy atom. The lowest BCUT2D eigenvalue weighted by molar-refractivity contribution is -0.121. The summed E-state index contributed by atoms with van der Waals surface area (Å²) in [5.41, 5.74) is 1.90. The largest absolute Gasteiger partial charge is 0.349 e. The van der Waals surface area contributed by atoms with Crippen LogP contribution in [0.2, 0.25) is 0 Å². The third-order valence-corrected chi connectivity index (χ3v) is 3.81. The van der Waals surface area contributed by atoms with Crippen molar-refractivity contribution in [3.05, 3.63) is 58.4 Å². The highest BCUT2D eigenvalue weighted by atomic mass is 16.2. The lowest BCUT2D eigenvalue weighted by Crippen LogP contribution is -2.32. The highest BCUT2D eigenvalue weighted by Gasteiger charge is 2.09. The van der Waals surface area contributed by atoms with Crippen LogP contribution in [-0.4, -0.2) is 39.5 Å². The molecule has 8 nitrogen and oxygen atoms in total. The normalized spacial score (nSPS) is 10.7. The smallest absolute Gasteiger partial charge is 0.261 e. The first-order chi connectivity index (χ1) is 12.4. The molecule has 2 aromatic heterocycles. The minimum Gasteiger partial charge on any atom is -0.349 e. The number of hydrogen-bond donors (Lipinski definition) is 1.